The van der Waals surface area contributed by atoms with Gasteiger partial charge in [-0.15, -0.1) is 0 Å². The summed E-state index contributed by atoms with van der Waals surface area (Å²) in [5.41, 5.74) is 8.72. The summed E-state index contributed by atoms with van der Waals surface area (Å²) in [7, 11) is -3.24. The average molecular weight is 310 g/mol. The molecule has 2 N–H and O–H groups in total. The number of anilines is 1. The quantitative estimate of drug-likeness (QED) is 0.881. The Balaban J connectivity index is 2.19. The second-order valence-corrected chi connectivity index (χ2v) is 7.29. The molecule has 20 heavy (non-hydrogen) atoms. The van der Waals surface area contributed by atoms with Crippen LogP contribution in [0.5, 0.6) is 0 Å². The van der Waals surface area contributed by atoms with E-state index < -0.39 is 9.84 Å². The van der Waals surface area contributed by atoms with Gasteiger partial charge in [-0.3, -0.25) is 0 Å². The van der Waals surface area contributed by atoms with Crippen LogP contribution in [0.25, 0.3) is 0 Å². The molecule has 0 saturated carbocycles. The number of hydrogen-bond donors (Lipinski definition) is 1. The van der Waals surface area contributed by atoms with Crippen LogP contribution in [0.15, 0.2) is 42.5 Å². The van der Waals surface area contributed by atoms with E-state index in [0.29, 0.717) is 10.7 Å². The first-order chi connectivity index (χ1) is 9.37. The number of benzene rings is 2. The number of rotatable bonds is 4. The van der Waals surface area contributed by atoms with E-state index in [-0.39, 0.29) is 11.5 Å². The topological polar surface area (TPSA) is 60.2 Å². The maximum atomic E-state index is 12.2. The third-order valence-corrected chi connectivity index (χ3v) is 4.94. The molecule has 0 radical (unpaired) electrons. The van der Waals surface area contributed by atoms with Crippen molar-refractivity contribution >= 4 is 27.1 Å². The zero-order valence-corrected chi connectivity index (χ0v) is 12.7. The highest BCUT2D eigenvalue weighted by Gasteiger charge is 2.15. The molecule has 106 valence electrons. The van der Waals surface area contributed by atoms with Gasteiger partial charge in [0.1, 0.15) is 0 Å². The van der Waals surface area contributed by atoms with Crippen LogP contribution in [0.3, 0.4) is 0 Å². The molecule has 2 aromatic carbocycles. The van der Waals surface area contributed by atoms with Gasteiger partial charge in [0.2, 0.25) is 0 Å². The van der Waals surface area contributed by atoms with Crippen LogP contribution in [0.2, 0.25) is 5.02 Å². The molecule has 0 bridgehead atoms. The average Bonchev–Trinajstić information content (AvgIpc) is 2.37. The normalized spacial score (nSPS) is 11.5. The van der Waals surface area contributed by atoms with Gasteiger partial charge in [0.25, 0.3) is 0 Å². The van der Waals surface area contributed by atoms with Crippen LogP contribution >= 0.6 is 11.6 Å². The molecule has 0 aliphatic heterocycles. The molecule has 0 aliphatic carbocycles. The third-order valence-electron chi connectivity index (χ3n) is 3.16. The first kappa shape index (κ1) is 14.9. The van der Waals surface area contributed by atoms with Crippen molar-refractivity contribution in [2.75, 3.05) is 5.73 Å². The standard InChI is InChI=1S/C15H16ClNO2S/c1-11-13(3-2-4-15(11)17)10-20(18,19)9-12-5-7-14(16)8-6-12/h2-8H,9-10,17H2,1H3. The fraction of sp³-hybridized carbons (Fsp3) is 0.200. The first-order valence-electron chi connectivity index (χ1n) is 6.16. The summed E-state index contributed by atoms with van der Waals surface area (Å²) in [6, 6.07) is 12.2. The number of sulfone groups is 1. The summed E-state index contributed by atoms with van der Waals surface area (Å²) < 4.78 is 24.5. The summed E-state index contributed by atoms with van der Waals surface area (Å²) in [6.45, 7) is 1.84. The monoisotopic (exact) mass is 309 g/mol. The molecular formula is C15H16ClNO2S. The predicted molar refractivity (Wildman–Crippen MR) is 83.4 cm³/mol. The maximum Gasteiger partial charge on any atom is 0.158 e. The molecule has 0 unspecified atom stereocenters. The van der Waals surface area contributed by atoms with E-state index in [9.17, 15) is 8.42 Å². The first-order valence-corrected chi connectivity index (χ1v) is 8.36. The van der Waals surface area contributed by atoms with E-state index in [1.54, 1.807) is 42.5 Å². The minimum Gasteiger partial charge on any atom is -0.399 e. The van der Waals surface area contributed by atoms with Gasteiger partial charge in [-0.05, 0) is 41.8 Å². The smallest absolute Gasteiger partial charge is 0.158 e. The Morgan fingerprint density at radius 1 is 1.05 bits per heavy atom. The van der Waals surface area contributed by atoms with Crippen molar-refractivity contribution in [1.29, 1.82) is 0 Å². The molecule has 0 aromatic heterocycles. The molecule has 0 amide bonds. The summed E-state index contributed by atoms with van der Waals surface area (Å²) >= 11 is 5.79. The van der Waals surface area contributed by atoms with E-state index in [4.69, 9.17) is 17.3 Å². The highest BCUT2D eigenvalue weighted by molar-refractivity contribution is 7.89. The molecule has 0 atom stereocenters. The zero-order valence-electron chi connectivity index (χ0n) is 11.1. The fourth-order valence-corrected chi connectivity index (χ4v) is 3.70. The van der Waals surface area contributed by atoms with Crippen molar-refractivity contribution in [2.24, 2.45) is 0 Å². The van der Waals surface area contributed by atoms with Crippen molar-refractivity contribution in [3.05, 3.63) is 64.2 Å². The van der Waals surface area contributed by atoms with Gasteiger partial charge in [-0.2, -0.15) is 0 Å². The van der Waals surface area contributed by atoms with E-state index in [1.165, 1.54) is 0 Å². The second-order valence-electron chi connectivity index (χ2n) is 4.79. The molecular weight excluding hydrogens is 294 g/mol. The number of nitrogen functional groups attached to an aromatic ring is 1. The second kappa shape index (κ2) is 5.85. The lowest BCUT2D eigenvalue weighted by atomic mass is 10.1. The SMILES string of the molecule is Cc1c(N)cccc1CS(=O)(=O)Cc1ccc(Cl)cc1. The Hall–Kier alpha value is -1.52. The summed E-state index contributed by atoms with van der Waals surface area (Å²) in [4.78, 5) is 0. The van der Waals surface area contributed by atoms with Crippen molar-refractivity contribution in [2.45, 2.75) is 18.4 Å². The van der Waals surface area contributed by atoms with Gasteiger partial charge >= 0.3 is 0 Å². The number of nitrogens with two attached hydrogens (primary N) is 1. The molecule has 5 heteroatoms. The number of halogens is 1. The van der Waals surface area contributed by atoms with Crippen LogP contribution < -0.4 is 5.73 Å². The lowest BCUT2D eigenvalue weighted by molar-refractivity contribution is 0.594. The van der Waals surface area contributed by atoms with Crippen molar-refractivity contribution in [3.63, 3.8) is 0 Å². The molecule has 3 nitrogen and oxygen atoms in total. The van der Waals surface area contributed by atoms with E-state index >= 15 is 0 Å². The Bertz CT molecular complexity index is 709. The van der Waals surface area contributed by atoms with E-state index in [2.05, 4.69) is 0 Å². The minimum absolute atomic E-state index is 0.00158. The van der Waals surface area contributed by atoms with Gasteiger partial charge in [-0.1, -0.05) is 35.9 Å². The lowest BCUT2D eigenvalue weighted by Gasteiger charge is -2.09. The van der Waals surface area contributed by atoms with Crippen molar-refractivity contribution < 1.29 is 8.42 Å². The van der Waals surface area contributed by atoms with Gasteiger partial charge in [-0.25, -0.2) is 8.42 Å². The van der Waals surface area contributed by atoms with Gasteiger partial charge in [0.15, 0.2) is 9.84 Å². The van der Waals surface area contributed by atoms with Crippen molar-refractivity contribution in [3.8, 4) is 0 Å². The lowest BCUT2D eigenvalue weighted by Crippen LogP contribution is -2.09. The van der Waals surface area contributed by atoms with Crippen molar-refractivity contribution in [1.82, 2.24) is 0 Å². The van der Waals surface area contributed by atoms with E-state index in [1.807, 2.05) is 6.92 Å². The maximum absolute atomic E-state index is 12.2. The van der Waals surface area contributed by atoms with Crippen LogP contribution in [-0.4, -0.2) is 8.42 Å². The fourth-order valence-electron chi connectivity index (χ4n) is 1.98. The summed E-state index contributed by atoms with van der Waals surface area (Å²) in [6.07, 6.45) is 0. The Labute approximate surface area is 124 Å². The minimum atomic E-state index is -3.24. The summed E-state index contributed by atoms with van der Waals surface area (Å²) in [5.74, 6) is -0.00902. The van der Waals surface area contributed by atoms with Gasteiger partial charge in [0, 0.05) is 10.7 Å². The van der Waals surface area contributed by atoms with Gasteiger partial charge < -0.3 is 5.73 Å². The largest absolute Gasteiger partial charge is 0.399 e. The molecule has 2 aromatic rings. The zero-order chi connectivity index (χ0) is 14.8. The van der Waals surface area contributed by atoms with Crippen LogP contribution in [0.4, 0.5) is 5.69 Å². The highest BCUT2D eigenvalue weighted by Crippen LogP contribution is 2.20. The van der Waals surface area contributed by atoms with Crippen LogP contribution in [-0.2, 0) is 21.3 Å². The molecule has 0 fully saturated rings. The van der Waals surface area contributed by atoms with Gasteiger partial charge in [0.05, 0.1) is 11.5 Å². The molecule has 0 spiro atoms. The number of hydrogen-bond acceptors (Lipinski definition) is 3. The predicted octanol–water partition coefficient (Wildman–Crippen LogP) is 3.35. The highest BCUT2D eigenvalue weighted by atomic mass is 35.5. The summed E-state index contributed by atoms with van der Waals surface area (Å²) in [5, 5.41) is 0.595. The van der Waals surface area contributed by atoms with Crippen LogP contribution in [0.1, 0.15) is 16.7 Å². The Morgan fingerprint density at radius 3 is 2.35 bits per heavy atom. The molecule has 0 heterocycles. The Kier molecular flexibility index (Phi) is 4.35. The molecule has 0 aliphatic rings. The van der Waals surface area contributed by atoms with Crippen LogP contribution in [0, 0.1) is 6.92 Å². The van der Waals surface area contributed by atoms with E-state index in [0.717, 1.165) is 16.7 Å². The molecule has 0 saturated heterocycles. The third kappa shape index (κ3) is 3.74. The Morgan fingerprint density at radius 2 is 1.70 bits per heavy atom. The molecule has 2 rings (SSSR count).